The molecule has 2 aromatic rings. The van der Waals surface area contributed by atoms with E-state index in [1.165, 1.54) is 0 Å². The molecule has 0 fully saturated rings. The Bertz CT molecular complexity index is 536. The molecule has 1 nitrogen and oxygen atoms in total. The Labute approximate surface area is 105 Å². The lowest BCUT2D eigenvalue weighted by Gasteiger charge is -2.03. The van der Waals surface area contributed by atoms with Gasteiger partial charge in [0.2, 0.25) is 0 Å². The Morgan fingerprint density at radius 1 is 1.12 bits per heavy atom. The molecule has 0 saturated carbocycles. The van der Waals surface area contributed by atoms with Gasteiger partial charge < -0.3 is 0 Å². The van der Waals surface area contributed by atoms with E-state index in [1.807, 2.05) is 30.3 Å². The van der Waals surface area contributed by atoms with Crippen LogP contribution in [0.5, 0.6) is 0 Å². The molecular formula is C13H11ClOS. The van der Waals surface area contributed by atoms with Crippen molar-refractivity contribution in [2.24, 2.45) is 0 Å². The minimum Gasteiger partial charge on any atom is -0.287 e. The van der Waals surface area contributed by atoms with Crippen molar-refractivity contribution in [3.63, 3.8) is 0 Å². The first-order valence-corrected chi connectivity index (χ1v) is 5.88. The van der Waals surface area contributed by atoms with Crippen LogP contribution in [0, 0.1) is 0 Å². The largest absolute Gasteiger partial charge is 0.287 e. The van der Waals surface area contributed by atoms with Crippen molar-refractivity contribution in [2.45, 2.75) is 12.8 Å². The molecule has 0 unspecified atom stereocenters. The van der Waals surface area contributed by atoms with Crippen LogP contribution in [-0.4, -0.2) is 5.12 Å². The zero-order chi connectivity index (χ0) is 11.5. The molecule has 0 spiro atoms. The SMILES string of the molecule is O=C(S)CCc1ccc2cc(Cl)ccc2c1. The van der Waals surface area contributed by atoms with Gasteiger partial charge in [-0.15, -0.1) is 12.6 Å². The first-order chi connectivity index (χ1) is 7.65. The number of thiol groups is 1. The molecule has 0 aromatic heterocycles. The van der Waals surface area contributed by atoms with E-state index < -0.39 is 0 Å². The summed E-state index contributed by atoms with van der Waals surface area (Å²) in [5.74, 6) is 0. The topological polar surface area (TPSA) is 17.1 Å². The van der Waals surface area contributed by atoms with Gasteiger partial charge in [0, 0.05) is 11.4 Å². The molecule has 0 bridgehead atoms. The average molecular weight is 251 g/mol. The summed E-state index contributed by atoms with van der Waals surface area (Å²) in [6.45, 7) is 0. The van der Waals surface area contributed by atoms with Crippen molar-refractivity contribution in [3.8, 4) is 0 Å². The molecule has 2 aromatic carbocycles. The van der Waals surface area contributed by atoms with Crippen LogP contribution in [0.1, 0.15) is 12.0 Å². The van der Waals surface area contributed by atoms with E-state index in [1.54, 1.807) is 0 Å². The van der Waals surface area contributed by atoms with Crippen molar-refractivity contribution in [1.29, 1.82) is 0 Å². The minimum absolute atomic E-state index is 0.0730. The van der Waals surface area contributed by atoms with E-state index in [0.29, 0.717) is 6.42 Å². The fourth-order valence-electron chi connectivity index (χ4n) is 1.67. The summed E-state index contributed by atoms with van der Waals surface area (Å²) in [5.41, 5.74) is 1.15. The summed E-state index contributed by atoms with van der Waals surface area (Å²) in [7, 11) is 0. The van der Waals surface area contributed by atoms with Gasteiger partial charge >= 0.3 is 0 Å². The average Bonchev–Trinajstić information content (AvgIpc) is 2.26. The summed E-state index contributed by atoms with van der Waals surface area (Å²) in [6.07, 6.45) is 1.21. The van der Waals surface area contributed by atoms with Gasteiger partial charge in [0.25, 0.3) is 0 Å². The summed E-state index contributed by atoms with van der Waals surface area (Å²) < 4.78 is 0. The number of halogens is 1. The second kappa shape index (κ2) is 4.89. The lowest BCUT2D eigenvalue weighted by Crippen LogP contribution is -1.91. The number of hydrogen-bond donors (Lipinski definition) is 1. The smallest absolute Gasteiger partial charge is 0.186 e. The zero-order valence-electron chi connectivity index (χ0n) is 8.61. The summed E-state index contributed by atoms with van der Waals surface area (Å²) in [6, 6.07) is 11.9. The van der Waals surface area contributed by atoms with E-state index in [4.69, 9.17) is 11.6 Å². The monoisotopic (exact) mass is 250 g/mol. The van der Waals surface area contributed by atoms with E-state index >= 15 is 0 Å². The normalized spacial score (nSPS) is 10.6. The zero-order valence-corrected chi connectivity index (χ0v) is 10.3. The molecule has 0 aliphatic rings. The number of benzene rings is 2. The van der Waals surface area contributed by atoms with Crippen molar-refractivity contribution in [1.82, 2.24) is 0 Å². The van der Waals surface area contributed by atoms with Crippen molar-refractivity contribution < 1.29 is 4.79 Å². The van der Waals surface area contributed by atoms with E-state index in [2.05, 4.69) is 18.7 Å². The molecule has 0 aliphatic heterocycles. The molecule has 2 rings (SSSR count). The molecule has 0 saturated heterocycles. The van der Waals surface area contributed by atoms with Crippen LogP contribution in [0.4, 0.5) is 0 Å². The maximum atomic E-state index is 10.8. The Morgan fingerprint density at radius 2 is 1.81 bits per heavy atom. The van der Waals surface area contributed by atoms with Crippen LogP contribution >= 0.6 is 24.2 Å². The third kappa shape index (κ3) is 2.77. The van der Waals surface area contributed by atoms with Gasteiger partial charge in [-0.1, -0.05) is 35.9 Å². The van der Waals surface area contributed by atoms with Gasteiger partial charge in [-0.25, -0.2) is 0 Å². The lowest BCUT2D eigenvalue weighted by atomic mass is 10.0. The Balaban J connectivity index is 2.30. The second-order valence-electron chi connectivity index (χ2n) is 3.72. The van der Waals surface area contributed by atoms with Gasteiger partial charge in [-0.3, -0.25) is 4.79 Å². The van der Waals surface area contributed by atoms with Crippen LogP contribution < -0.4 is 0 Å². The fourth-order valence-corrected chi connectivity index (χ4v) is 1.97. The fraction of sp³-hybridized carbons (Fsp3) is 0.154. The van der Waals surface area contributed by atoms with Gasteiger partial charge in [0.15, 0.2) is 5.12 Å². The molecular weight excluding hydrogens is 240 g/mol. The molecule has 0 radical (unpaired) electrons. The predicted molar refractivity (Wildman–Crippen MR) is 71.3 cm³/mol. The Kier molecular flexibility index (Phi) is 3.52. The standard InChI is InChI=1S/C13H11ClOS/c14-12-5-4-10-7-9(2-6-13(15)16)1-3-11(10)8-12/h1,3-5,7-8H,2,6H2,(H,15,16). The first kappa shape index (κ1) is 11.5. The molecule has 0 atom stereocenters. The quantitative estimate of drug-likeness (QED) is 0.818. The highest BCUT2D eigenvalue weighted by molar-refractivity contribution is 7.96. The van der Waals surface area contributed by atoms with Crippen molar-refractivity contribution >= 4 is 40.1 Å². The molecule has 0 N–H and O–H groups in total. The molecule has 0 amide bonds. The number of aryl methyl sites for hydroxylation is 1. The molecule has 16 heavy (non-hydrogen) atoms. The van der Waals surface area contributed by atoms with Crippen LogP contribution in [0.3, 0.4) is 0 Å². The summed E-state index contributed by atoms with van der Waals surface area (Å²) in [5, 5.41) is 2.93. The first-order valence-electron chi connectivity index (χ1n) is 5.05. The Hall–Kier alpha value is -0.990. The Morgan fingerprint density at radius 3 is 2.56 bits per heavy atom. The van der Waals surface area contributed by atoms with E-state index in [9.17, 15) is 4.79 Å². The number of fused-ring (bicyclic) bond motifs is 1. The number of hydrogen-bond acceptors (Lipinski definition) is 1. The van der Waals surface area contributed by atoms with Crippen molar-refractivity contribution in [2.75, 3.05) is 0 Å². The number of carbonyl (C=O) groups excluding carboxylic acids is 1. The van der Waals surface area contributed by atoms with Crippen LogP contribution in [0.15, 0.2) is 36.4 Å². The number of rotatable bonds is 3. The third-order valence-corrected chi connectivity index (χ3v) is 2.95. The van der Waals surface area contributed by atoms with E-state index in [-0.39, 0.29) is 5.12 Å². The van der Waals surface area contributed by atoms with E-state index in [0.717, 1.165) is 27.8 Å². The minimum atomic E-state index is -0.0730. The second-order valence-corrected chi connectivity index (χ2v) is 4.65. The highest BCUT2D eigenvalue weighted by Gasteiger charge is 2.00. The predicted octanol–water partition coefficient (Wildman–Crippen LogP) is 3.88. The highest BCUT2D eigenvalue weighted by Crippen LogP contribution is 2.21. The maximum Gasteiger partial charge on any atom is 0.186 e. The lowest BCUT2D eigenvalue weighted by molar-refractivity contribution is -0.110. The van der Waals surface area contributed by atoms with Crippen LogP contribution in [0.25, 0.3) is 10.8 Å². The molecule has 3 heteroatoms. The van der Waals surface area contributed by atoms with Gasteiger partial charge in [-0.2, -0.15) is 0 Å². The van der Waals surface area contributed by atoms with Gasteiger partial charge in [0.05, 0.1) is 0 Å². The van der Waals surface area contributed by atoms with Gasteiger partial charge in [-0.05, 0) is 34.9 Å². The third-order valence-electron chi connectivity index (χ3n) is 2.49. The molecule has 0 aliphatic carbocycles. The summed E-state index contributed by atoms with van der Waals surface area (Å²) >= 11 is 9.67. The number of carbonyl (C=O) groups is 1. The maximum absolute atomic E-state index is 10.8. The molecule has 0 heterocycles. The van der Waals surface area contributed by atoms with Crippen LogP contribution in [0.2, 0.25) is 5.02 Å². The van der Waals surface area contributed by atoms with Crippen LogP contribution in [-0.2, 0) is 11.2 Å². The highest BCUT2D eigenvalue weighted by atomic mass is 35.5. The van der Waals surface area contributed by atoms with Crippen molar-refractivity contribution in [3.05, 3.63) is 47.0 Å². The van der Waals surface area contributed by atoms with Gasteiger partial charge in [0.1, 0.15) is 0 Å². The summed E-state index contributed by atoms with van der Waals surface area (Å²) in [4.78, 5) is 10.8. The molecule has 82 valence electrons.